The van der Waals surface area contributed by atoms with Gasteiger partial charge in [-0.2, -0.15) is 11.8 Å². The summed E-state index contributed by atoms with van der Waals surface area (Å²) in [4.78, 5) is 0.357. The Bertz CT molecular complexity index is 526. The smallest absolute Gasteiger partial charge is 0.240 e. The van der Waals surface area contributed by atoms with E-state index in [2.05, 4.69) is 10.0 Å². The molecule has 2 rings (SSSR count). The maximum absolute atomic E-state index is 12.3. The third-order valence-electron chi connectivity index (χ3n) is 3.49. The predicted octanol–water partition coefficient (Wildman–Crippen LogP) is 1.83. The van der Waals surface area contributed by atoms with Crippen LogP contribution in [0.15, 0.2) is 29.2 Å². The zero-order valence-electron chi connectivity index (χ0n) is 11.8. The minimum Gasteiger partial charge on any atom is -0.316 e. The van der Waals surface area contributed by atoms with E-state index in [1.165, 1.54) is 0 Å². The SMILES string of the molecule is CNCc1cccc(S(=O)(=O)NCC2CCSCC2)c1. The van der Waals surface area contributed by atoms with Gasteiger partial charge in [0.05, 0.1) is 4.90 Å². The Morgan fingerprint density at radius 2 is 2.05 bits per heavy atom. The van der Waals surface area contributed by atoms with E-state index in [0.717, 1.165) is 29.9 Å². The van der Waals surface area contributed by atoms with E-state index in [-0.39, 0.29) is 0 Å². The van der Waals surface area contributed by atoms with Crippen molar-refractivity contribution in [3.63, 3.8) is 0 Å². The minimum absolute atomic E-state index is 0.357. The molecule has 2 N–H and O–H groups in total. The van der Waals surface area contributed by atoms with E-state index in [9.17, 15) is 8.42 Å². The third kappa shape index (κ3) is 4.48. The molecule has 1 aliphatic heterocycles. The fourth-order valence-corrected chi connectivity index (χ4v) is 4.68. The molecule has 0 atom stereocenters. The van der Waals surface area contributed by atoms with Crippen LogP contribution in [0.2, 0.25) is 0 Å². The molecule has 0 radical (unpaired) electrons. The molecule has 0 bridgehead atoms. The molecular weight excluding hydrogens is 292 g/mol. The Labute approximate surface area is 125 Å². The molecule has 1 aromatic carbocycles. The molecule has 0 spiro atoms. The first-order valence-corrected chi connectivity index (χ1v) is 9.56. The summed E-state index contributed by atoms with van der Waals surface area (Å²) >= 11 is 1.95. The Morgan fingerprint density at radius 3 is 2.75 bits per heavy atom. The van der Waals surface area contributed by atoms with Gasteiger partial charge in [0.15, 0.2) is 0 Å². The quantitative estimate of drug-likeness (QED) is 0.841. The maximum atomic E-state index is 12.3. The average molecular weight is 314 g/mol. The number of sulfonamides is 1. The summed E-state index contributed by atoms with van der Waals surface area (Å²) in [5.74, 6) is 2.76. The number of rotatable bonds is 6. The van der Waals surface area contributed by atoms with Crippen LogP contribution in [0.5, 0.6) is 0 Å². The zero-order valence-corrected chi connectivity index (χ0v) is 13.4. The standard InChI is InChI=1S/C14H22N2O2S2/c1-15-10-13-3-2-4-14(9-13)20(17,18)16-11-12-5-7-19-8-6-12/h2-4,9,12,15-16H,5-8,10-11H2,1H3. The van der Waals surface area contributed by atoms with Crippen LogP contribution in [-0.2, 0) is 16.6 Å². The molecule has 1 fully saturated rings. The van der Waals surface area contributed by atoms with Crippen molar-refractivity contribution in [2.24, 2.45) is 5.92 Å². The van der Waals surface area contributed by atoms with Gasteiger partial charge >= 0.3 is 0 Å². The molecule has 1 heterocycles. The molecule has 6 heteroatoms. The highest BCUT2D eigenvalue weighted by Gasteiger charge is 2.19. The first-order valence-electron chi connectivity index (χ1n) is 6.93. The van der Waals surface area contributed by atoms with Crippen LogP contribution in [0, 0.1) is 5.92 Å². The fraction of sp³-hybridized carbons (Fsp3) is 0.571. The number of hydrogen-bond donors (Lipinski definition) is 2. The fourth-order valence-electron chi connectivity index (χ4n) is 2.29. The Kier molecular flexibility index (Phi) is 5.89. The molecule has 0 saturated carbocycles. The van der Waals surface area contributed by atoms with Crippen molar-refractivity contribution < 1.29 is 8.42 Å². The Balaban J connectivity index is 2.00. The summed E-state index contributed by atoms with van der Waals surface area (Å²) in [6.45, 7) is 1.22. The predicted molar refractivity (Wildman–Crippen MR) is 84.4 cm³/mol. The molecule has 4 nitrogen and oxygen atoms in total. The van der Waals surface area contributed by atoms with Crippen molar-refractivity contribution in [1.29, 1.82) is 0 Å². The second kappa shape index (κ2) is 7.45. The van der Waals surface area contributed by atoms with Crippen LogP contribution < -0.4 is 10.0 Å². The van der Waals surface area contributed by atoms with Gasteiger partial charge in [-0.1, -0.05) is 12.1 Å². The van der Waals surface area contributed by atoms with E-state index in [1.54, 1.807) is 18.2 Å². The molecule has 1 aromatic rings. The van der Waals surface area contributed by atoms with Gasteiger partial charge in [-0.05, 0) is 55.0 Å². The third-order valence-corrected chi connectivity index (χ3v) is 5.96. The highest BCUT2D eigenvalue weighted by atomic mass is 32.2. The van der Waals surface area contributed by atoms with Crippen LogP contribution in [-0.4, -0.2) is 33.5 Å². The first-order chi connectivity index (χ1) is 9.62. The summed E-state index contributed by atoms with van der Waals surface area (Å²) in [5, 5.41) is 3.03. The number of benzene rings is 1. The van der Waals surface area contributed by atoms with Crippen molar-refractivity contribution in [2.75, 3.05) is 25.1 Å². The summed E-state index contributed by atoms with van der Waals surface area (Å²) < 4.78 is 27.3. The molecule has 0 unspecified atom stereocenters. The van der Waals surface area contributed by atoms with Gasteiger partial charge in [0.25, 0.3) is 0 Å². The van der Waals surface area contributed by atoms with E-state index in [0.29, 0.717) is 23.9 Å². The number of nitrogens with one attached hydrogen (secondary N) is 2. The summed E-state index contributed by atoms with van der Waals surface area (Å²) in [6, 6.07) is 7.10. The van der Waals surface area contributed by atoms with E-state index in [1.807, 2.05) is 24.9 Å². The van der Waals surface area contributed by atoms with Gasteiger partial charge in [0.2, 0.25) is 10.0 Å². The zero-order chi connectivity index (χ0) is 14.4. The van der Waals surface area contributed by atoms with E-state index >= 15 is 0 Å². The minimum atomic E-state index is -3.39. The second-order valence-electron chi connectivity index (χ2n) is 5.09. The Morgan fingerprint density at radius 1 is 1.30 bits per heavy atom. The molecule has 0 aromatic heterocycles. The van der Waals surface area contributed by atoms with Gasteiger partial charge in [-0.15, -0.1) is 0 Å². The lowest BCUT2D eigenvalue weighted by molar-refractivity contribution is 0.476. The lowest BCUT2D eigenvalue weighted by atomic mass is 10.0. The highest BCUT2D eigenvalue weighted by Crippen LogP contribution is 2.22. The van der Waals surface area contributed by atoms with Crippen LogP contribution in [0.1, 0.15) is 18.4 Å². The lowest BCUT2D eigenvalue weighted by Crippen LogP contribution is -2.31. The second-order valence-corrected chi connectivity index (χ2v) is 8.08. The number of thioether (sulfide) groups is 1. The van der Waals surface area contributed by atoms with Crippen molar-refractivity contribution >= 4 is 21.8 Å². The van der Waals surface area contributed by atoms with Gasteiger partial charge in [-0.25, -0.2) is 13.1 Å². The largest absolute Gasteiger partial charge is 0.316 e. The van der Waals surface area contributed by atoms with Gasteiger partial charge in [-0.3, -0.25) is 0 Å². The average Bonchev–Trinajstić information content (AvgIpc) is 2.47. The molecule has 112 valence electrons. The first kappa shape index (κ1) is 15.8. The van der Waals surface area contributed by atoms with Crippen LogP contribution >= 0.6 is 11.8 Å². The van der Waals surface area contributed by atoms with Crippen molar-refractivity contribution in [3.8, 4) is 0 Å². The molecule has 1 saturated heterocycles. The maximum Gasteiger partial charge on any atom is 0.240 e. The van der Waals surface area contributed by atoms with Gasteiger partial charge in [0.1, 0.15) is 0 Å². The highest BCUT2D eigenvalue weighted by molar-refractivity contribution is 7.99. The van der Waals surface area contributed by atoms with Crippen molar-refractivity contribution in [1.82, 2.24) is 10.0 Å². The van der Waals surface area contributed by atoms with E-state index in [4.69, 9.17) is 0 Å². The van der Waals surface area contributed by atoms with Crippen LogP contribution in [0.4, 0.5) is 0 Å². The van der Waals surface area contributed by atoms with Gasteiger partial charge < -0.3 is 5.32 Å². The van der Waals surface area contributed by atoms with Gasteiger partial charge in [0, 0.05) is 13.1 Å². The van der Waals surface area contributed by atoms with Crippen LogP contribution in [0.25, 0.3) is 0 Å². The summed E-state index contributed by atoms with van der Waals surface area (Å²) in [5.41, 5.74) is 0.976. The topological polar surface area (TPSA) is 58.2 Å². The Hall–Kier alpha value is -0.560. The normalized spacial score (nSPS) is 17.2. The van der Waals surface area contributed by atoms with Crippen molar-refractivity contribution in [3.05, 3.63) is 29.8 Å². The van der Waals surface area contributed by atoms with Crippen molar-refractivity contribution in [2.45, 2.75) is 24.3 Å². The summed E-state index contributed by atoms with van der Waals surface area (Å²) in [7, 11) is -1.54. The molecular formula is C14H22N2O2S2. The van der Waals surface area contributed by atoms with E-state index < -0.39 is 10.0 Å². The molecule has 1 aliphatic rings. The molecule has 0 amide bonds. The molecule has 0 aliphatic carbocycles. The lowest BCUT2D eigenvalue weighted by Gasteiger charge is -2.21. The van der Waals surface area contributed by atoms with Crippen LogP contribution in [0.3, 0.4) is 0 Å². The monoisotopic (exact) mass is 314 g/mol. The number of hydrogen-bond acceptors (Lipinski definition) is 4. The summed E-state index contributed by atoms with van der Waals surface area (Å²) in [6.07, 6.45) is 2.21. The molecule has 20 heavy (non-hydrogen) atoms.